The van der Waals surface area contributed by atoms with E-state index in [0.717, 1.165) is 0 Å². The van der Waals surface area contributed by atoms with Gasteiger partial charge in [0.1, 0.15) is 34.2 Å². The van der Waals surface area contributed by atoms with E-state index in [1.807, 2.05) is 26.8 Å². The summed E-state index contributed by atoms with van der Waals surface area (Å²) in [6, 6.07) is 7.72. The van der Waals surface area contributed by atoms with E-state index in [4.69, 9.17) is 16.9 Å². The lowest BCUT2D eigenvalue weighted by atomic mass is 9.96. The van der Waals surface area contributed by atoms with Gasteiger partial charge in [-0.05, 0) is 12.1 Å². The Balaban J connectivity index is 2.44. The van der Waals surface area contributed by atoms with Gasteiger partial charge in [-0.1, -0.05) is 38.4 Å². The minimum atomic E-state index is -0.585. The molecule has 1 aromatic carbocycles. The van der Waals surface area contributed by atoms with Gasteiger partial charge in [0.05, 0.1) is 5.69 Å². The molecule has 0 atom stereocenters. The SMILES string of the molecule is CC(C)(C)c1nc(Cl)cc(Nc2cccc(F)c2C#N)n1. The van der Waals surface area contributed by atoms with E-state index in [1.165, 1.54) is 18.2 Å². The van der Waals surface area contributed by atoms with Gasteiger partial charge in [-0.3, -0.25) is 0 Å². The molecule has 0 aliphatic carbocycles. The first-order valence-corrected chi connectivity index (χ1v) is 6.70. The van der Waals surface area contributed by atoms with Crippen molar-refractivity contribution in [1.29, 1.82) is 5.26 Å². The van der Waals surface area contributed by atoms with Gasteiger partial charge in [0.25, 0.3) is 0 Å². The van der Waals surface area contributed by atoms with Crippen LogP contribution in [0, 0.1) is 17.1 Å². The Labute approximate surface area is 127 Å². The Bertz CT molecular complexity index is 717. The monoisotopic (exact) mass is 304 g/mol. The summed E-state index contributed by atoms with van der Waals surface area (Å²) < 4.78 is 13.6. The number of rotatable bonds is 2. The van der Waals surface area contributed by atoms with Gasteiger partial charge >= 0.3 is 0 Å². The largest absolute Gasteiger partial charge is 0.339 e. The van der Waals surface area contributed by atoms with Crippen LogP contribution in [0.3, 0.4) is 0 Å². The lowest BCUT2D eigenvalue weighted by Gasteiger charge is -2.18. The standard InChI is InChI=1S/C15H14ClFN4/c1-15(2,3)14-20-12(16)7-13(21-14)19-11-6-4-5-10(17)9(11)8-18/h4-7H,1-3H3,(H,19,20,21). The Morgan fingerprint density at radius 1 is 1.29 bits per heavy atom. The van der Waals surface area contributed by atoms with E-state index in [0.29, 0.717) is 17.3 Å². The molecule has 0 amide bonds. The fourth-order valence-electron chi connectivity index (χ4n) is 1.70. The molecule has 0 bridgehead atoms. The van der Waals surface area contributed by atoms with Crippen molar-refractivity contribution < 1.29 is 4.39 Å². The molecule has 0 saturated heterocycles. The lowest BCUT2D eigenvalue weighted by molar-refractivity contribution is 0.546. The molecule has 2 aromatic rings. The van der Waals surface area contributed by atoms with E-state index >= 15 is 0 Å². The van der Waals surface area contributed by atoms with Crippen molar-refractivity contribution in [3.63, 3.8) is 0 Å². The number of anilines is 2. The number of nitrogens with one attached hydrogen (secondary N) is 1. The molecule has 0 radical (unpaired) electrons. The Morgan fingerprint density at radius 2 is 2.00 bits per heavy atom. The zero-order chi connectivity index (χ0) is 15.6. The zero-order valence-electron chi connectivity index (χ0n) is 11.9. The Morgan fingerprint density at radius 3 is 2.62 bits per heavy atom. The third-order valence-corrected chi connectivity index (χ3v) is 2.95. The fourth-order valence-corrected chi connectivity index (χ4v) is 1.88. The van der Waals surface area contributed by atoms with Crippen LogP contribution in [-0.2, 0) is 5.41 Å². The predicted molar refractivity (Wildman–Crippen MR) is 80.1 cm³/mol. The number of nitriles is 1. The van der Waals surface area contributed by atoms with Crippen LogP contribution in [0.25, 0.3) is 0 Å². The highest BCUT2D eigenvalue weighted by Gasteiger charge is 2.19. The van der Waals surface area contributed by atoms with Crippen molar-refractivity contribution in [3.8, 4) is 6.07 Å². The molecule has 6 heteroatoms. The minimum Gasteiger partial charge on any atom is -0.339 e. The Hall–Kier alpha value is -2.19. The third-order valence-electron chi connectivity index (χ3n) is 2.75. The molecule has 0 aliphatic heterocycles. The number of halogens is 2. The van der Waals surface area contributed by atoms with Crippen LogP contribution >= 0.6 is 11.6 Å². The lowest BCUT2D eigenvalue weighted by Crippen LogP contribution is -2.17. The van der Waals surface area contributed by atoms with Crippen molar-refractivity contribution in [2.75, 3.05) is 5.32 Å². The molecule has 0 fully saturated rings. The maximum absolute atomic E-state index is 13.6. The summed E-state index contributed by atoms with van der Waals surface area (Å²) in [5.41, 5.74) is -0.00177. The van der Waals surface area contributed by atoms with Crippen LogP contribution in [0.15, 0.2) is 24.3 Å². The number of benzene rings is 1. The summed E-state index contributed by atoms with van der Waals surface area (Å²) >= 11 is 6.00. The van der Waals surface area contributed by atoms with Crippen molar-refractivity contribution in [2.24, 2.45) is 0 Å². The van der Waals surface area contributed by atoms with Crippen LogP contribution < -0.4 is 5.32 Å². The van der Waals surface area contributed by atoms with Crippen LogP contribution in [0.4, 0.5) is 15.9 Å². The molecule has 0 aliphatic rings. The van der Waals surface area contributed by atoms with E-state index in [9.17, 15) is 4.39 Å². The maximum Gasteiger partial charge on any atom is 0.143 e. The van der Waals surface area contributed by atoms with Gasteiger partial charge in [-0.25, -0.2) is 14.4 Å². The van der Waals surface area contributed by atoms with Crippen molar-refractivity contribution in [2.45, 2.75) is 26.2 Å². The van der Waals surface area contributed by atoms with E-state index in [-0.39, 0.29) is 16.1 Å². The molecule has 0 unspecified atom stereocenters. The molecule has 21 heavy (non-hydrogen) atoms. The smallest absolute Gasteiger partial charge is 0.143 e. The molecule has 0 spiro atoms. The van der Waals surface area contributed by atoms with Crippen LogP contribution in [0.5, 0.6) is 0 Å². The van der Waals surface area contributed by atoms with Crippen LogP contribution in [-0.4, -0.2) is 9.97 Å². The quantitative estimate of drug-likeness (QED) is 0.845. The van der Waals surface area contributed by atoms with Crippen molar-refractivity contribution >= 4 is 23.1 Å². The van der Waals surface area contributed by atoms with Crippen molar-refractivity contribution in [3.05, 3.63) is 46.6 Å². The van der Waals surface area contributed by atoms with Crippen LogP contribution in [0.1, 0.15) is 32.2 Å². The highest BCUT2D eigenvalue weighted by molar-refractivity contribution is 6.29. The number of hydrogen-bond donors (Lipinski definition) is 1. The topological polar surface area (TPSA) is 61.6 Å². The molecule has 4 nitrogen and oxygen atoms in total. The molecule has 108 valence electrons. The van der Waals surface area contributed by atoms with Gasteiger partial charge in [-0.15, -0.1) is 0 Å². The van der Waals surface area contributed by atoms with Gasteiger partial charge < -0.3 is 5.32 Å². The van der Waals surface area contributed by atoms with E-state index < -0.39 is 5.82 Å². The number of hydrogen-bond acceptors (Lipinski definition) is 4. The molecular weight excluding hydrogens is 291 g/mol. The normalized spacial score (nSPS) is 11.0. The molecule has 1 N–H and O–H groups in total. The van der Waals surface area contributed by atoms with Gasteiger partial charge in [0, 0.05) is 11.5 Å². The first kappa shape index (κ1) is 15.2. The highest BCUT2D eigenvalue weighted by Crippen LogP contribution is 2.26. The summed E-state index contributed by atoms with van der Waals surface area (Å²) in [6.45, 7) is 5.89. The van der Waals surface area contributed by atoms with Gasteiger partial charge in [0.15, 0.2) is 0 Å². The average molecular weight is 305 g/mol. The first-order chi connectivity index (χ1) is 9.81. The zero-order valence-corrected chi connectivity index (χ0v) is 12.7. The van der Waals surface area contributed by atoms with Crippen molar-refractivity contribution in [1.82, 2.24) is 9.97 Å². The summed E-state index contributed by atoms with van der Waals surface area (Å²) in [5.74, 6) is 0.396. The summed E-state index contributed by atoms with van der Waals surface area (Å²) in [5, 5.41) is 12.2. The summed E-state index contributed by atoms with van der Waals surface area (Å²) in [7, 11) is 0. The average Bonchev–Trinajstić information content (AvgIpc) is 2.37. The predicted octanol–water partition coefficient (Wildman–Crippen LogP) is 4.18. The second kappa shape index (κ2) is 5.66. The molecular formula is C15H14ClFN4. The van der Waals surface area contributed by atoms with E-state index in [1.54, 1.807) is 6.07 Å². The molecule has 1 heterocycles. The van der Waals surface area contributed by atoms with Gasteiger partial charge in [0.2, 0.25) is 0 Å². The molecule has 1 aromatic heterocycles. The second-order valence-electron chi connectivity index (χ2n) is 5.55. The maximum atomic E-state index is 13.6. The fraction of sp³-hybridized carbons (Fsp3) is 0.267. The highest BCUT2D eigenvalue weighted by atomic mass is 35.5. The Kier molecular flexibility index (Phi) is 4.10. The molecule has 0 saturated carbocycles. The van der Waals surface area contributed by atoms with Crippen LogP contribution in [0.2, 0.25) is 5.15 Å². The minimum absolute atomic E-state index is 0.0652. The second-order valence-corrected chi connectivity index (χ2v) is 5.94. The van der Waals surface area contributed by atoms with Gasteiger partial charge in [-0.2, -0.15) is 5.26 Å². The summed E-state index contributed by atoms with van der Waals surface area (Å²) in [4.78, 5) is 8.55. The summed E-state index contributed by atoms with van der Waals surface area (Å²) in [6.07, 6.45) is 0. The third kappa shape index (κ3) is 3.47. The number of aromatic nitrogens is 2. The van der Waals surface area contributed by atoms with E-state index in [2.05, 4.69) is 15.3 Å². The number of nitrogens with zero attached hydrogens (tertiary/aromatic N) is 3. The molecule has 2 rings (SSSR count). The first-order valence-electron chi connectivity index (χ1n) is 6.32.